The molecule has 0 aliphatic heterocycles. The van der Waals surface area contributed by atoms with Crippen LogP contribution in [0, 0.1) is 11.6 Å². The minimum Gasteiger partial charge on any atom is -0.528 e. The van der Waals surface area contributed by atoms with Gasteiger partial charge in [-0.05, 0) is 24.3 Å². The van der Waals surface area contributed by atoms with Gasteiger partial charge in [-0.2, -0.15) is 0 Å². The van der Waals surface area contributed by atoms with Crippen LogP contribution in [0.25, 0.3) is 22.6 Å². The number of oxazole rings is 2. The van der Waals surface area contributed by atoms with Crippen LogP contribution in [-0.2, 0) is 0 Å². The van der Waals surface area contributed by atoms with E-state index >= 15 is 0 Å². The predicted molar refractivity (Wildman–Crippen MR) is 92.2 cm³/mol. The molecule has 0 spiro atoms. The van der Waals surface area contributed by atoms with Gasteiger partial charge in [0, 0.05) is 12.1 Å². The van der Waals surface area contributed by atoms with Gasteiger partial charge in [-0.1, -0.05) is 0 Å². The summed E-state index contributed by atoms with van der Waals surface area (Å²) in [6.45, 7) is 0. The molecule has 0 radical (unpaired) electrons. The molecule has 0 N–H and O–H groups in total. The lowest BCUT2D eigenvalue weighted by Gasteiger charge is -2.09. The molecule has 4 rings (SSSR count). The van der Waals surface area contributed by atoms with Gasteiger partial charge in [0.2, 0.25) is 0 Å². The van der Waals surface area contributed by atoms with Crippen molar-refractivity contribution < 1.29 is 26.9 Å². The highest BCUT2D eigenvalue weighted by atomic mass is 19.1. The number of nitrogens with zero attached hydrogens (tertiary/aromatic N) is 2. The van der Waals surface area contributed by atoms with Crippen LogP contribution in [0.2, 0.25) is 0 Å². The van der Waals surface area contributed by atoms with Gasteiger partial charge in [0.05, 0.1) is 23.5 Å². The second-order valence-corrected chi connectivity index (χ2v) is 5.42. The van der Waals surface area contributed by atoms with Crippen LogP contribution >= 0.6 is 0 Å². The van der Waals surface area contributed by atoms with E-state index in [0.717, 1.165) is 0 Å². The SMILES string of the molecule is Fc1cc(OBOc2ccc(-c3cnco3)c(F)c2)ccc1-c1cnco1. The second-order valence-electron chi connectivity index (χ2n) is 5.42. The third-order valence-electron chi connectivity index (χ3n) is 3.73. The van der Waals surface area contributed by atoms with Crippen molar-refractivity contribution in [3.8, 4) is 34.1 Å². The van der Waals surface area contributed by atoms with Crippen molar-refractivity contribution in [2.75, 3.05) is 0 Å². The fourth-order valence-electron chi connectivity index (χ4n) is 2.43. The lowest BCUT2D eigenvalue weighted by molar-refractivity contribution is 0.454. The fourth-order valence-corrected chi connectivity index (χ4v) is 2.43. The van der Waals surface area contributed by atoms with Crippen molar-refractivity contribution in [3.63, 3.8) is 0 Å². The molecule has 0 saturated carbocycles. The Kier molecular flexibility index (Phi) is 4.57. The smallest absolute Gasteiger partial charge is 0.528 e. The van der Waals surface area contributed by atoms with Crippen molar-refractivity contribution in [1.29, 1.82) is 0 Å². The number of aromatic nitrogens is 2. The van der Waals surface area contributed by atoms with E-state index in [1.165, 1.54) is 49.4 Å². The molecule has 2 aromatic heterocycles. The molecular weight excluding hydrogens is 357 g/mol. The highest BCUT2D eigenvalue weighted by Gasteiger charge is 2.12. The van der Waals surface area contributed by atoms with E-state index in [0.29, 0.717) is 11.5 Å². The summed E-state index contributed by atoms with van der Waals surface area (Å²) in [4.78, 5) is 7.50. The zero-order valence-corrected chi connectivity index (χ0v) is 13.8. The highest BCUT2D eigenvalue weighted by Crippen LogP contribution is 2.27. The molecule has 0 aliphatic carbocycles. The summed E-state index contributed by atoms with van der Waals surface area (Å²) in [7, 11) is -0.220. The quantitative estimate of drug-likeness (QED) is 0.479. The van der Waals surface area contributed by atoms with Crippen LogP contribution in [0.5, 0.6) is 11.5 Å². The predicted octanol–water partition coefficient (Wildman–Crippen LogP) is 4.00. The van der Waals surface area contributed by atoms with Crippen molar-refractivity contribution >= 4 is 7.69 Å². The maximum atomic E-state index is 14.1. The summed E-state index contributed by atoms with van der Waals surface area (Å²) in [5, 5.41) is 0. The van der Waals surface area contributed by atoms with Crippen LogP contribution in [0.3, 0.4) is 0 Å². The largest absolute Gasteiger partial charge is 0.576 e. The van der Waals surface area contributed by atoms with E-state index in [9.17, 15) is 8.78 Å². The summed E-state index contributed by atoms with van der Waals surface area (Å²) in [5.41, 5.74) is 0.539. The second kappa shape index (κ2) is 7.32. The normalized spacial score (nSPS) is 10.6. The van der Waals surface area contributed by atoms with Crippen molar-refractivity contribution in [2.24, 2.45) is 0 Å². The molecular formula is C18H11BF2N2O4. The number of rotatable bonds is 6. The molecule has 27 heavy (non-hydrogen) atoms. The Hall–Kier alpha value is -3.62. The molecule has 0 aliphatic rings. The van der Waals surface area contributed by atoms with E-state index in [2.05, 4.69) is 9.97 Å². The van der Waals surface area contributed by atoms with Gasteiger partial charge < -0.3 is 18.1 Å². The summed E-state index contributed by atoms with van der Waals surface area (Å²) in [5.74, 6) is 0.109. The van der Waals surface area contributed by atoms with E-state index in [1.807, 2.05) is 0 Å². The number of halogens is 2. The Morgan fingerprint density at radius 3 is 1.59 bits per heavy atom. The first-order valence-electron chi connectivity index (χ1n) is 7.83. The average molecular weight is 368 g/mol. The molecule has 6 nitrogen and oxygen atoms in total. The summed E-state index contributed by atoms with van der Waals surface area (Å²) < 4.78 is 49.1. The van der Waals surface area contributed by atoms with Crippen LogP contribution in [0.15, 0.2) is 70.4 Å². The first-order valence-corrected chi connectivity index (χ1v) is 7.83. The Balaban J connectivity index is 1.38. The summed E-state index contributed by atoms with van der Waals surface area (Å²) >= 11 is 0. The molecule has 9 heteroatoms. The van der Waals surface area contributed by atoms with Gasteiger partial charge in [0.15, 0.2) is 24.3 Å². The maximum Gasteiger partial charge on any atom is 0.576 e. The molecule has 2 heterocycles. The molecule has 2 aromatic carbocycles. The van der Waals surface area contributed by atoms with Gasteiger partial charge in [-0.25, -0.2) is 18.7 Å². The molecule has 0 unspecified atom stereocenters. The van der Waals surface area contributed by atoms with Gasteiger partial charge in [0.25, 0.3) is 0 Å². The molecule has 0 bridgehead atoms. The van der Waals surface area contributed by atoms with E-state index in [1.54, 1.807) is 12.1 Å². The van der Waals surface area contributed by atoms with Crippen LogP contribution in [-0.4, -0.2) is 17.7 Å². The fraction of sp³-hybridized carbons (Fsp3) is 0. The average Bonchev–Trinajstić information content (AvgIpc) is 3.36. The Bertz CT molecular complexity index is 956. The van der Waals surface area contributed by atoms with Gasteiger partial charge in [0.1, 0.15) is 23.1 Å². The minimum absolute atomic E-state index is 0.220. The summed E-state index contributed by atoms with van der Waals surface area (Å²) in [6.07, 6.45) is 5.28. The standard InChI is InChI=1S/C18H11BF2N2O4/c20-15-5-11(1-3-13(15)17-7-22-9-24-17)26-19-27-12-2-4-14(16(21)6-12)18-8-23-10-25-18/h1-10,19H. The van der Waals surface area contributed by atoms with Gasteiger partial charge in [-0.15, -0.1) is 0 Å². The Morgan fingerprint density at radius 1 is 0.741 bits per heavy atom. The maximum absolute atomic E-state index is 14.1. The molecule has 0 amide bonds. The first-order chi connectivity index (χ1) is 13.2. The third kappa shape index (κ3) is 3.66. The number of benzene rings is 2. The lowest BCUT2D eigenvalue weighted by atomic mass is 10.1. The molecule has 0 saturated heterocycles. The number of hydrogen-bond acceptors (Lipinski definition) is 6. The van der Waals surface area contributed by atoms with E-state index in [4.69, 9.17) is 18.1 Å². The van der Waals surface area contributed by atoms with Crippen molar-refractivity contribution in [1.82, 2.24) is 9.97 Å². The van der Waals surface area contributed by atoms with E-state index in [-0.39, 0.29) is 30.3 Å². The van der Waals surface area contributed by atoms with E-state index < -0.39 is 11.6 Å². The zero-order chi connectivity index (χ0) is 18.6. The number of hydrogen-bond donors (Lipinski definition) is 0. The Labute approximate surface area is 152 Å². The summed E-state index contributed by atoms with van der Waals surface area (Å²) in [6, 6.07) is 8.56. The molecule has 4 aromatic rings. The molecule has 0 fully saturated rings. The monoisotopic (exact) mass is 368 g/mol. The topological polar surface area (TPSA) is 70.5 Å². The highest BCUT2D eigenvalue weighted by molar-refractivity contribution is 6.20. The van der Waals surface area contributed by atoms with Crippen LogP contribution in [0.1, 0.15) is 0 Å². The van der Waals surface area contributed by atoms with Gasteiger partial charge >= 0.3 is 7.69 Å². The van der Waals surface area contributed by atoms with Crippen molar-refractivity contribution in [2.45, 2.75) is 0 Å². The molecule has 134 valence electrons. The van der Waals surface area contributed by atoms with Gasteiger partial charge in [-0.3, -0.25) is 0 Å². The van der Waals surface area contributed by atoms with Crippen LogP contribution < -0.4 is 9.31 Å². The first kappa shape index (κ1) is 16.8. The van der Waals surface area contributed by atoms with Crippen molar-refractivity contribution in [3.05, 3.63) is 73.2 Å². The lowest BCUT2D eigenvalue weighted by Crippen LogP contribution is -2.11. The Morgan fingerprint density at radius 2 is 1.22 bits per heavy atom. The van der Waals surface area contributed by atoms with Crippen LogP contribution in [0.4, 0.5) is 8.78 Å². The minimum atomic E-state index is -0.522. The third-order valence-corrected chi connectivity index (χ3v) is 3.73. The molecule has 0 atom stereocenters. The zero-order valence-electron chi connectivity index (χ0n) is 13.8.